The summed E-state index contributed by atoms with van der Waals surface area (Å²) in [5.74, 6) is 7.07. The van der Waals surface area contributed by atoms with Gasteiger partial charge in [0, 0.05) is 0 Å². The first-order chi connectivity index (χ1) is 33.0. The lowest BCUT2D eigenvalue weighted by molar-refractivity contribution is 0.193. The summed E-state index contributed by atoms with van der Waals surface area (Å²) in [6.07, 6.45) is 55.7. The number of unbranched alkanes of at least 4 members (excludes halogenated alkanes) is 8. The lowest BCUT2D eigenvalue weighted by atomic mass is 9.75. The van der Waals surface area contributed by atoms with Crippen LogP contribution in [-0.4, -0.2) is 13.2 Å². The third-order valence-electron chi connectivity index (χ3n) is 18.4. The molecule has 4 saturated carbocycles. The molecule has 0 aliphatic heterocycles. The van der Waals surface area contributed by atoms with Crippen LogP contribution in [0.15, 0.2) is 60.7 Å². The van der Waals surface area contributed by atoms with Crippen molar-refractivity contribution in [2.75, 3.05) is 13.2 Å². The molecule has 0 unspecified atom stereocenters. The number of hydrogen-bond acceptors (Lipinski definition) is 1. The average Bonchev–Trinajstić information content (AvgIpc) is 3.37. The molecule has 0 aromatic heterocycles. The van der Waals surface area contributed by atoms with Crippen LogP contribution in [0.2, 0.25) is 0 Å². The van der Waals surface area contributed by atoms with Gasteiger partial charge in [-0.05, 0) is 158 Å². The van der Waals surface area contributed by atoms with Crippen LogP contribution in [0.1, 0.15) is 268 Å². The highest BCUT2D eigenvalue weighted by Gasteiger charge is 2.27. The molecule has 0 spiro atoms. The third-order valence-corrected chi connectivity index (χ3v) is 18.4. The largest absolute Gasteiger partial charge is 0.373 e. The summed E-state index contributed by atoms with van der Waals surface area (Å²) >= 11 is 0. The molecule has 0 N–H and O–H groups in total. The molecule has 0 heterocycles. The predicted octanol–water partition coefficient (Wildman–Crippen LogP) is 20.6. The second kappa shape index (κ2) is 32.0. The summed E-state index contributed by atoms with van der Waals surface area (Å²) in [4.78, 5) is 0. The number of hydrogen-bond donors (Lipinski definition) is 0. The van der Waals surface area contributed by atoms with Crippen LogP contribution >= 0.6 is 0 Å². The topological polar surface area (TPSA) is 9.23 Å². The summed E-state index contributed by atoms with van der Waals surface area (Å²) in [6.45, 7) is 10.8. The maximum Gasteiger partial charge on any atom is 0.0657 e. The van der Waals surface area contributed by atoms with Gasteiger partial charge in [-0.1, -0.05) is 242 Å². The van der Waals surface area contributed by atoms with E-state index in [9.17, 15) is 0 Å². The van der Waals surface area contributed by atoms with Crippen molar-refractivity contribution in [3.8, 4) is 0 Å². The van der Waals surface area contributed by atoms with E-state index in [1.807, 2.05) is 0 Å². The van der Waals surface area contributed by atoms with Crippen LogP contribution in [0.25, 0.3) is 11.1 Å². The highest BCUT2D eigenvalue weighted by Crippen LogP contribution is 2.42. The van der Waals surface area contributed by atoms with Crippen molar-refractivity contribution >= 4 is 11.1 Å². The summed E-state index contributed by atoms with van der Waals surface area (Å²) in [7, 11) is 0. The van der Waals surface area contributed by atoms with Crippen LogP contribution in [0.4, 0.5) is 0 Å². The molecule has 0 bridgehead atoms. The Labute approximate surface area is 416 Å². The fraction of sp³-hybridized carbons (Fsp3) is 0.758. The first kappa shape index (κ1) is 54.2. The van der Waals surface area contributed by atoms with Crippen molar-refractivity contribution < 1.29 is 4.74 Å². The lowest BCUT2D eigenvalue weighted by Crippen LogP contribution is -2.17. The van der Waals surface area contributed by atoms with Crippen molar-refractivity contribution in [3.63, 3.8) is 0 Å². The molecule has 67 heavy (non-hydrogen) atoms. The second-order valence-electron chi connectivity index (χ2n) is 23.5. The Bertz CT molecular complexity index is 1470. The Morgan fingerprint density at radius 2 is 0.672 bits per heavy atom. The lowest BCUT2D eigenvalue weighted by Gasteiger charge is -2.31. The third kappa shape index (κ3) is 19.5. The number of rotatable bonds is 30. The Kier molecular flexibility index (Phi) is 25.9. The number of aryl methyl sites for hydroxylation is 2. The summed E-state index contributed by atoms with van der Waals surface area (Å²) < 4.78 is 6.63. The quantitative estimate of drug-likeness (QED) is 0.0710. The van der Waals surface area contributed by atoms with E-state index in [1.165, 1.54) is 242 Å². The molecule has 0 atom stereocenters. The fourth-order valence-electron chi connectivity index (χ4n) is 13.9. The van der Waals surface area contributed by atoms with E-state index in [2.05, 4.69) is 88.4 Å². The van der Waals surface area contributed by atoms with Crippen LogP contribution in [0.3, 0.4) is 0 Å². The van der Waals surface area contributed by atoms with Gasteiger partial charge in [0.15, 0.2) is 0 Å². The van der Waals surface area contributed by atoms with Crippen LogP contribution in [0.5, 0.6) is 0 Å². The van der Waals surface area contributed by atoms with E-state index in [0.717, 1.165) is 35.5 Å². The fourth-order valence-corrected chi connectivity index (χ4v) is 13.9. The van der Waals surface area contributed by atoms with Gasteiger partial charge in [0.05, 0.1) is 13.2 Å². The van der Waals surface area contributed by atoms with Gasteiger partial charge in [-0.3, -0.25) is 0 Å². The van der Waals surface area contributed by atoms with Gasteiger partial charge in [-0.2, -0.15) is 0 Å². The molecule has 1 heteroatoms. The molecule has 2 aromatic carbocycles. The van der Waals surface area contributed by atoms with Gasteiger partial charge in [-0.15, -0.1) is 0 Å². The van der Waals surface area contributed by atoms with Crippen LogP contribution in [-0.2, 0) is 17.6 Å². The summed E-state index contributed by atoms with van der Waals surface area (Å²) in [6, 6.07) is 19.8. The summed E-state index contributed by atoms with van der Waals surface area (Å²) in [5, 5.41) is 0. The van der Waals surface area contributed by atoms with E-state index >= 15 is 0 Å². The smallest absolute Gasteiger partial charge is 0.0657 e. The maximum atomic E-state index is 6.63. The summed E-state index contributed by atoms with van der Waals surface area (Å²) in [5.41, 5.74) is 9.11. The van der Waals surface area contributed by atoms with Crippen molar-refractivity contribution in [1.82, 2.24) is 0 Å². The highest BCUT2D eigenvalue weighted by molar-refractivity contribution is 5.69. The SMILES string of the molecule is CCCCCCC[C@H]1CC[C@H](CCc2ccc(C(=CCOCC=C(c3ccc(CC[C@H]4CC[C@H](CCCCCCC)CC4)cc3)[C@H]3CC[C@H](CCC)CC3)[C@H]3CC[C@H](CCC)CC3)cc2)CC1. The Balaban J connectivity index is 1.02. The van der Waals surface area contributed by atoms with Crippen LogP contribution < -0.4 is 0 Å². The van der Waals surface area contributed by atoms with Gasteiger partial charge in [0.1, 0.15) is 0 Å². The van der Waals surface area contributed by atoms with Gasteiger partial charge in [0.25, 0.3) is 0 Å². The van der Waals surface area contributed by atoms with Crippen molar-refractivity contribution in [3.05, 3.63) is 82.9 Å². The number of benzene rings is 2. The second-order valence-corrected chi connectivity index (χ2v) is 23.5. The van der Waals surface area contributed by atoms with E-state index in [-0.39, 0.29) is 0 Å². The van der Waals surface area contributed by atoms with E-state index in [1.54, 1.807) is 22.3 Å². The molecule has 1 nitrogen and oxygen atoms in total. The van der Waals surface area contributed by atoms with E-state index in [0.29, 0.717) is 25.0 Å². The highest BCUT2D eigenvalue weighted by atomic mass is 16.5. The Morgan fingerprint density at radius 3 is 1.01 bits per heavy atom. The Morgan fingerprint density at radius 1 is 0.358 bits per heavy atom. The number of allylic oxidation sites excluding steroid dienone is 2. The van der Waals surface area contributed by atoms with Crippen molar-refractivity contribution in [1.29, 1.82) is 0 Å². The minimum atomic E-state index is 0.660. The zero-order chi connectivity index (χ0) is 46.7. The van der Waals surface area contributed by atoms with Crippen molar-refractivity contribution in [2.24, 2.45) is 47.3 Å². The predicted molar refractivity (Wildman–Crippen MR) is 295 cm³/mol. The minimum Gasteiger partial charge on any atom is -0.373 e. The van der Waals surface area contributed by atoms with Gasteiger partial charge in [-0.25, -0.2) is 0 Å². The van der Waals surface area contributed by atoms with E-state index in [4.69, 9.17) is 4.74 Å². The van der Waals surface area contributed by atoms with Gasteiger partial charge < -0.3 is 4.74 Å². The standard InChI is InChI=1S/C66H106O/c1-5-9-11-13-15-19-55-21-25-57(26-22-55)29-31-59-37-45-63(46-38-59)65(61-41-33-53(17-7-3)34-42-61)49-51-67-52-50-66(62-43-35-54(18-8-4)36-44-62)64-47-39-60(40-48-64)32-30-58-27-23-56(24-28-58)20-16-14-12-10-6-2/h37-40,45-50,53-58,61-62H,5-36,41-44,51-52H2,1-4H3/t53-,54-,55-,56-,57-,58-,61-,62-. The maximum absolute atomic E-state index is 6.63. The van der Waals surface area contributed by atoms with E-state index < -0.39 is 0 Å². The molecule has 4 fully saturated rings. The number of ether oxygens (including phenoxy) is 1. The van der Waals surface area contributed by atoms with Crippen LogP contribution in [0, 0.1) is 47.3 Å². The molecule has 2 aromatic rings. The first-order valence-electron chi connectivity index (χ1n) is 30.2. The molecule has 376 valence electrons. The Hall–Kier alpha value is -2.12. The molecule has 6 rings (SSSR count). The minimum absolute atomic E-state index is 0.660. The normalized spacial score (nSPS) is 26.5. The molecular formula is C66H106O. The average molecular weight is 916 g/mol. The van der Waals surface area contributed by atoms with Gasteiger partial charge in [0.2, 0.25) is 0 Å². The van der Waals surface area contributed by atoms with Crippen molar-refractivity contribution in [2.45, 2.75) is 259 Å². The molecular weight excluding hydrogens is 809 g/mol. The van der Waals surface area contributed by atoms with Gasteiger partial charge >= 0.3 is 0 Å². The monoisotopic (exact) mass is 915 g/mol. The molecule has 4 aliphatic carbocycles. The molecule has 0 radical (unpaired) electrons. The zero-order valence-corrected chi connectivity index (χ0v) is 44.7. The molecule has 0 amide bonds. The molecule has 0 saturated heterocycles. The molecule has 4 aliphatic rings. The zero-order valence-electron chi connectivity index (χ0n) is 44.7. The first-order valence-corrected chi connectivity index (χ1v) is 30.2.